The zero-order valence-electron chi connectivity index (χ0n) is 8.98. The molecule has 7 nitrogen and oxygen atoms in total. The molecule has 0 aromatic heterocycles. The third-order valence-corrected chi connectivity index (χ3v) is 2.40. The summed E-state index contributed by atoms with van der Waals surface area (Å²) in [5.74, 6) is -1.99. The molecule has 0 aliphatic carbocycles. The average Bonchev–Trinajstić information content (AvgIpc) is 2.25. The van der Waals surface area contributed by atoms with Crippen molar-refractivity contribution >= 4 is 11.9 Å². The van der Waals surface area contributed by atoms with Gasteiger partial charge < -0.3 is 15.5 Å². The highest BCUT2D eigenvalue weighted by Gasteiger charge is 2.21. The van der Waals surface area contributed by atoms with Crippen molar-refractivity contribution in [2.24, 2.45) is 0 Å². The van der Waals surface area contributed by atoms with Crippen molar-refractivity contribution in [3.8, 4) is 0 Å². The number of hydrogen-bond donors (Lipinski definition) is 4. The SMILES string of the molecule is O=C(O)CCC(NN1CCNCC1)C(=O)O. The Labute approximate surface area is 93.4 Å². The molecule has 0 amide bonds. The van der Waals surface area contributed by atoms with Crippen molar-refractivity contribution in [1.29, 1.82) is 0 Å². The molecule has 0 radical (unpaired) electrons. The second-order valence-corrected chi connectivity index (χ2v) is 3.69. The van der Waals surface area contributed by atoms with Gasteiger partial charge >= 0.3 is 11.9 Å². The summed E-state index contributed by atoms with van der Waals surface area (Å²) in [6.45, 7) is 3.05. The fraction of sp³-hybridized carbons (Fsp3) is 0.778. The van der Waals surface area contributed by atoms with Crippen molar-refractivity contribution < 1.29 is 19.8 Å². The fourth-order valence-electron chi connectivity index (χ4n) is 1.53. The van der Waals surface area contributed by atoms with Gasteiger partial charge in [-0.3, -0.25) is 9.59 Å². The van der Waals surface area contributed by atoms with E-state index in [1.54, 1.807) is 0 Å². The molecule has 92 valence electrons. The smallest absolute Gasteiger partial charge is 0.322 e. The van der Waals surface area contributed by atoms with E-state index < -0.39 is 18.0 Å². The van der Waals surface area contributed by atoms with Crippen molar-refractivity contribution in [3.63, 3.8) is 0 Å². The first-order valence-corrected chi connectivity index (χ1v) is 5.26. The minimum absolute atomic E-state index is 0.0919. The van der Waals surface area contributed by atoms with Crippen LogP contribution in [-0.4, -0.2) is 59.4 Å². The van der Waals surface area contributed by atoms with Gasteiger partial charge in [-0.25, -0.2) is 10.4 Å². The summed E-state index contributed by atoms with van der Waals surface area (Å²) in [5.41, 5.74) is 2.84. The lowest BCUT2D eigenvalue weighted by molar-refractivity contribution is -0.142. The number of carboxylic acids is 2. The molecule has 1 fully saturated rings. The average molecular weight is 231 g/mol. The number of nitrogens with zero attached hydrogens (tertiary/aromatic N) is 1. The monoisotopic (exact) mass is 231 g/mol. The second kappa shape index (κ2) is 6.41. The number of aliphatic carboxylic acids is 2. The number of hydrogen-bond acceptors (Lipinski definition) is 5. The Morgan fingerprint density at radius 2 is 1.94 bits per heavy atom. The maximum Gasteiger partial charge on any atom is 0.322 e. The topological polar surface area (TPSA) is 102 Å². The molecular weight excluding hydrogens is 214 g/mol. The normalized spacial score (nSPS) is 19.2. The van der Waals surface area contributed by atoms with Crippen molar-refractivity contribution in [1.82, 2.24) is 15.8 Å². The number of carbonyl (C=O) groups is 2. The van der Waals surface area contributed by atoms with Crippen LogP contribution in [0.15, 0.2) is 0 Å². The van der Waals surface area contributed by atoms with Crippen LogP contribution in [0.25, 0.3) is 0 Å². The fourth-order valence-corrected chi connectivity index (χ4v) is 1.53. The van der Waals surface area contributed by atoms with Crippen LogP contribution in [0, 0.1) is 0 Å². The molecule has 1 rings (SSSR count). The Hall–Kier alpha value is -1.18. The van der Waals surface area contributed by atoms with Crippen molar-refractivity contribution in [2.45, 2.75) is 18.9 Å². The van der Waals surface area contributed by atoms with Crippen molar-refractivity contribution in [3.05, 3.63) is 0 Å². The van der Waals surface area contributed by atoms with E-state index in [1.165, 1.54) is 0 Å². The number of hydrazine groups is 1. The van der Waals surface area contributed by atoms with E-state index in [-0.39, 0.29) is 12.8 Å². The second-order valence-electron chi connectivity index (χ2n) is 3.69. The van der Waals surface area contributed by atoms with Gasteiger partial charge in [-0.2, -0.15) is 0 Å². The molecule has 7 heteroatoms. The van der Waals surface area contributed by atoms with E-state index in [4.69, 9.17) is 10.2 Å². The van der Waals surface area contributed by atoms with Gasteiger partial charge in [0.1, 0.15) is 6.04 Å². The Bertz CT molecular complexity index is 253. The predicted molar refractivity (Wildman–Crippen MR) is 55.9 cm³/mol. The zero-order valence-corrected chi connectivity index (χ0v) is 8.98. The Kier molecular flexibility index (Phi) is 5.17. The molecule has 0 bridgehead atoms. The molecular formula is C9H17N3O4. The van der Waals surface area contributed by atoms with Gasteiger partial charge in [0, 0.05) is 32.6 Å². The predicted octanol–water partition coefficient (Wildman–Crippen LogP) is -1.29. The first-order valence-electron chi connectivity index (χ1n) is 5.26. The molecule has 1 atom stereocenters. The largest absolute Gasteiger partial charge is 0.481 e. The van der Waals surface area contributed by atoms with E-state index >= 15 is 0 Å². The van der Waals surface area contributed by atoms with Gasteiger partial charge in [-0.15, -0.1) is 0 Å². The summed E-state index contributed by atoms with van der Waals surface area (Å²) in [6, 6.07) is -0.825. The summed E-state index contributed by atoms with van der Waals surface area (Å²) in [7, 11) is 0. The summed E-state index contributed by atoms with van der Waals surface area (Å²) >= 11 is 0. The van der Waals surface area contributed by atoms with Crippen LogP contribution in [0.2, 0.25) is 0 Å². The minimum atomic E-state index is -1.01. The highest BCUT2D eigenvalue weighted by atomic mass is 16.4. The van der Waals surface area contributed by atoms with Crippen LogP contribution in [0.4, 0.5) is 0 Å². The third-order valence-electron chi connectivity index (χ3n) is 2.40. The minimum Gasteiger partial charge on any atom is -0.481 e. The van der Waals surface area contributed by atoms with Crippen LogP contribution in [0.5, 0.6) is 0 Å². The van der Waals surface area contributed by atoms with Gasteiger partial charge in [0.05, 0.1) is 0 Å². The molecule has 1 heterocycles. The summed E-state index contributed by atoms with van der Waals surface area (Å²) in [4.78, 5) is 21.3. The molecule has 0 saturated carbocycles. The summed E-state index contributed by atoms with van der Waals surface area (Å²) in [6.07, 6.45) is -0.0509. The van der Waals surface area contributed by atoms with E-state index in [1.807, 2.05) is 5.01 Å². The first kappa shape index (κ1) is 12.9. The number of carboxylic acid groups (broad SMARTS) is 2. The lowest BCUT2D eigenvalue weighted by atomic mass is 10.1. The van der Waals surface area contributed by atoms with Gasteiger partial charge in [-0.1, -0.05) is 0 Å². The van der Waals surface area contributed by atoms with E-state index in [2.05, 4.69) is 10.7 Å². The molecule has 0 aromatic rings. The highest BCUT2D eigenvalue weighted by molar-refractivity contribution is 5.74. The quantitative estimate of drug-likeness (QED) is 0.451. The zero-order chi connectivity index (χ0) is 12.0. The van der Waals surface area contributed by atoms with Crippen LogP contribution in [0.1, 0.15) is 12.8 Å². The first-order chi connectivity index (χ1) is 7.59. The van der Waals surface area contributed by atoms with Crippen LogP contribution in [-0.2, 0) is 9.59 Å². The Morgan fingerprint density at radius 1 is 1.31 bits per heavy atom. The van der Waals surface area contributed by atoms with Crippen LogP contribution in [0.3, 0.4) is 0 Å². The number of piperazine rings is 1. The lowest BCUT2D eigenvalue weighted by Gasteiger charge is -2.30. The van der Waals surface area contributed by atoms with E-state index in [0.29, 0.717) is 0 Å². The van der Waals surface area contributed by atoms with E-state index in [9.17, 15) is 9.59 Å². The Morgan fingerprint density at radius 3 is 2.44 bits per heavy atom. The highest BCUT2D eigenvalue weighted by Crippen LogP contribution is 2.00. The molecule has 0 spiro atoms. The van der Waals surface area contributed by atoms with Crippen LogP contribution >= 0.6 is 0 Å². The van der Waals surface area contributed by atoms with Crippen LogP contribution < -0.4 is 10.7 Å². The number of rotatable bonds is 6. The standard InChI is InChI=1S/C9H17N3O4/c13-8(14)2-1-7(9(15)16)11-12-5-3-10-4-6-12/h7,10-11H,1-6H2,(H,13,14)(H,15,16). The summed E-state index contributed by atoms with van der Waals surface area (Å²) in [5, 5.41) is 22.4. The lowest BCUT2D eigenvalue weighted by Crippen LogP contribution is -2.55. The molecule has 4 N–H and O–H groups in total. The molecule has 1 unspecified atom stereocenters. The molecule has 16 heavy (non-hydrogen) atoms. The Balaban J connectivity index is 2.37. The molecule has 0 aromatic carbocycles. The van der Waals surface area contributed by atoms with Crippen molar-refractivity contribution in [2.75, 3.05) is 26.2 Å². The van der Waals surface area contributed by atoms with Gasteiger partial charge in [0.25, 0.3) is 0 Å². The van der Waals surface area contributed by atoms with Gasteiger partial charge in [-0.05, 0) is 6.42 Å². The molecule has 1 aliphatic heterocycles. The summed E-state index contributed by atoms with van der Waals surface area (Å²) < 4.78 is 0. The number of nitrogens with one attached hydrogen (secondary N) is 2. The third kappa shape index (κ3) is 4.56. The molecule has 1 saturated heterocycles. The van der Waals surface area contributed by atoms with Gasteiger partial charge in [0.2, 0.25) is 0 Å². The maximum absolute atomic E-state index is 10.9. The van der Waals surface area contributed by atoms with Gasteiger partial charge in [0.15, 0.2) is 0 Å². The van der Waals surface area contributed by atoms with E-state index in [0.717, 1.165) is 26.2 Å². The maximum atomic E-state index is 10.9. The molecule has 1 aliphatic rings.